The molecular weight excluding hydrogens is 342 g/mol. The topological polar surface area (TPSA) is 101 Å². The van der Waals surface area contributed by atoms with Crippen LogP contribution in [0.3, 0.4) is 0 Å². The molecule has 0 radical (unpaired) electrons. The largest absolute Gasteiger partial charge is 0.399 e. The fourth-order valence-electron chi connectivity index (χ4n) is 4.10. The Hall–Kier alpha value is -2.59. The first kappa shape index (κ1) is 18.2. The van der Waals surface area contributed by atoms with Gasteiger partial charge in [-0.25, -0.2) is 0 Å². The van der Waals surface area contributed by atoms with E-state index in [-0.39, 0.29) is 17.5 Å². The number of aryl methyl sites for hydroxylation is 1. The van der Waals surface area contributed by atoms with Crippen LogP contribution < -0.4 is 5.73 Å². The molecule has 2 atom stereocenters. The number of nitriles is 3. The highest BCUT2D eigenvalue weighted by Gasteiger charge is 2.55. The van der Waals surface area contributed by atoms with Crippen molar-refractivity contribution < 1.29 is 0 Å². The van der Waals surface area contributed by atoms with E-state index in [2.05, 4.69) is 37.0 Å². The van der Waals surface area contributed by atoms with Crippen LogP contribution in [0, 0.1) is 52.2 Å². The van der Waals surface area contributed by atoms with Crippen LogP contribution >= 0.6 is 11.3 Å². The third-order valence-electron chi connectivity index (χ3n) is 5.61. The smallest absolute Gasteiger partial charge is 0.192 e. The van der Waals surface area contributed by atoms with Gasteiger partial charge in [0.05, 0.1) is 23.4 Å². The Morgan fingerprint density at radius 2 is 2.00 bits per heavy atom. The summed E-state index contributed by atoms with van der Waals surface area (Å²) >= 11 is 1.56. The van der Waals surface area contributed by atoms with Crippen molar-refractivity contribution in [1.29, 1.82) is 15.8 Å². The lowest BCUT2D eigenvalue weighted by Crippen LogP contribution is -2.49. The Kier molecular flexibility index (Phi) is 4.63. The van der Waals surface area contributed by atoms with Gasteiger partial charge in [-0.1, -0.05) is 6.08 Å². The van der Waals surface area contributed by atoms with E-state index in [0.717, 1.165) is 22.6 Å². The van der Waals surface area contributed by atoms with Crippen molar-refractivity contribution in [1.82, 2.24) is 4.90 Å². The van der Waals surface area contributed by atoms with Crippen LogP contribution in [0.1, 0.15) is 30.2 Å². The molecule has 3 rings (SSSR count). The molecule has 0 fully saturated rings. The fourth-order valence-corrected chi connectivity index (χ4v) is 5.26. The predicted molar refractivity (Wildman–Crippen MR) is 101 cm³/mol. The molecule has 0 saturated heterocycles. The van der Waals surface area contributed by atoms with Gasteiger partial charge in [-0.05, 0) is 43.4 Å². The number of rotatable bonds is 2. The van der Waals surface area contributed by atoms with Crippen molar-refractivity contribution in [2.24, 2.45) is 17.1 Å². The molecule has 6 heteroatoms. The predicted octanol–water partition coefficient (Wildman–Crippen LogP) is 3.19. The monoisotopic (exact) mass is 363 g/mol. The summed E-state index contributed by atoms with van der Waals surface area (Å²) in [4.78, 5) is 3.31. The standard InChI is InChI=1S/C20H21N5S/c1-12(2)25-6-4-14-15(8-21)19(24)20(10-22,11-23)17(16(14)9-25)18-13(3)5-7-26-18/h4-5,7,12,16-17H,6,9,24H2,1-3H3/t16-,17+/m1/s1. The van der Waals surface area contributed by atoms with Crippen molar-refractivity contribution in [3.63, 3.8) is 0 Å². The van der Waals surface area contributed by atoms with Crippen LogP contribution in [0.4, 0.5) is 0 Å². The first-order chi connectivity index (χ1) is 12.4. The Bertz CT molecular complexity index is 901. The molecule has 5 nitrogen and oxygen atoms in total. The molecule has 1 aliphatic heterocycles. The normalized spacial score (nSPS) is 25.0. The number of hydrogen-bond acceptors (Lipinski definition) is 6. The van der Waals surface area contributed by atoms with E-state index in [1.165, 1.54) is 0 Å². The Morgan fingerprint density at radius 1 is 1.31 bits per heavy atom. The van der Waals surface area contributed by atoms with Crippen LogP contribution in [0.25, 0.3) is 0 Å². The minimum Gasteiger partial charge on any atom is -0.399 e. The van der Waals surface area contributed by atoms with Crippen molar-refractivity contribution in [2.75, 3.05) is 13.1 Å². The van der Waals surface area contributed by atoms with Crippen molar-refractivity contribution in [2.45, 2.75) is 32.7 Å². The van der Waals surface area contributed by atoms with E-state index in [0.29, 0.717) is 18.2 Å². The molecule has 0 amide bonds. The molecule has 132 valence electrons. The Morgan fingerprint density at radius 3 is 2.50 bits per heavy atom. The molecular formula is C20H21N5S. The highest BCUT2D eigenvalue weighted by atomic mass is 32.1. The molecule has 0 bridgehead atoms. The number of hydrogen-bond donors (Lipinski definition) is 1. The van der Waals surface area contributed by atoms with Gasteiger partial charge in [-0.3, -0.25) is 4.90 Å². The third-order valence-corrected chi connectivity index (χ3v) is 6.71. The van der Waals surface area contributed by atoms with E-state index in [4.69, 9.17) is 5.73 Å². The average molecular weight is 363 g/mol. The number of allylic oxidation sites excluding steroid dienone is 2. The fraction of sp³-hybridized carbons (Fsp3) is 0.450. The lowest BCUT2D eigenvalue weighted by atomic mass is 9.59. The minimum absolute atomic E-state index is 0.100. The number of thiophene rings is 1. The van der Waals surface area contributed by atoms with Gasteiger partial charge in [0, 0.05) is 35.8 Å². The molecule has 1 aliphatic carbocycles. The summed E-state index contributed by atoms with van der Waals surface area (Å²) in [5.74, 6) is -0.479. The van der Waals surface area contributed by atoms with Gasteiger partial charge in [0.25, 0.3) is 0 Å². The van der Waals surface area contributed by atoms with Gasteiger partial charge in [0.1, 0.15) is 6.07 Å². The molecule has 26 heavy (non-hydrogen) atoms. The molecule has 2 N–H and O–H groups in total. The molecule has 0 spiro atoms. The zero-order valence-electron chi connectivity index (χ0n) is 15.2. The van der Waals surface area contributed by atoms with Crippen LogP contribution in [0.2, 0.25) is 0 Å². The highest BCUT2D eigenvalue weighted by Crippen LogP contribution is 2.55. The molecule has 1 aromatic heterocycles. The summed E-state index contributed by atoms with van der Waals surface area (Å²) in [6.07, 6.45) is 2.05. The maximum Gasteiger partial charge on any atom is 0.192 e. The van der Waals surface area contributed by atoms with Crippen LogP contribution in [0.5, 0.6) is 0 Å². The number of fused-ring (bicyclic) bond motifs is 1. The van der Waals surface area contributed by atoms with Gasteiger partial charge < -0.3 is 5.73 Å². The van der Waals surface area contributed by atoms with E-state index in [1.807, 2.05) is 24.4 Å². The van der Waals surface area contributed by atoms with E-state index in [1.54, 1.807) is 11.3 Å². The first-order valence-corrected chi connectivity index (χ1v) is 9.50. The average Bonchev–Trinajstić information content (AvgIpc) is 3.05. The van der Waals surface area contributed by atoms with Gasteiger partial charge >= 0.3 is 0 Å². The SMILES string of the molecule is Cc1ccsc1[C@@H]1[C@@H]2CN(C(C)C)CC=C2C(C#N)=C(N)C1(C#N)C#N. The summed E-state index contributed by atoms with van der Waals surface area (Å²) in [5.41, 5.74) is 7.14. The zero-order valence-corrected chi connectivity index (χ0v) is 16.0. The van der Waals surface area contributed by atoms with Crippen LogP contribution in [-0.2, 0) is 0 Å². The molecule has 0 aromatic carbocycles. The molecule has 0 saturated carbocycles. The van der Waals surface area contributed by atoms with Gasteiger partial charge in [-0.15, -0.1) is 11.3 Å². The quantitative estimate of drug-likeness (QED) is 0.869. The third kappa shape index (κ3) is 2.44. The van der Waals surface area contributed by atoms with Crippen molar-refractivity contribution >= 4 is 11.3 Å². The zero-order chi connectivity index (χ0) is 19.1. The molecule has 0 unspecified atom stereocenters. The van der Waals surface area contributed by atoms with Gasteiger partial charge in [0.2, 0.25) is 0 Å². The lowest BCUT2D eigenvalue weighted by Gasteiger charge is -2.46. The molecule has 2 heterocycles. The first-order valence-electron chi connectivity index (χ1n) is 8.62. The van der Waals surface area contributed by atoms with E-state index in [9.17, 15) is 15.8 Å². The summed E-state index contributed by atoms with van der Waals surface area (Å²) in [5, 5.41) is 31.7. The van der Waals surface area contributed by atoms with Crippen molar-refractivity contribution in [3.8, 4) is 18.2 Å². The number of nitrogens with zero attached hydrogens (tertiary/aromatic N) is 4. The second-order valence-corrected chi connectivity index (χ2v) is 8.14. The maximum atomic E-state index is 10.0. The lowest BCUT2D eigenvalue weighted by molar-refractivity contribution is 0.175. The summed E-state index contributed by atoms with van der Waals surface area (Å²) < 4.78 is 0. The highest BCUT2D eigenvalue weighted by molar-refractivity contribution is 7.10. The second-order valence-electron chi connectivity index (χ2n) is 7.19. The Balaban J connectivity index is 2.31. The van der Waals surface area contributed by atoms with Crippen LogP contribution in [-0.4, -0.2) is 24.0 Å². The Labute approximate surface area is 158 Å². The minimum atomic E-state index is -1.53. The molecule has 2 aliphatic rings. The van der Waals surface area contributed by atoms with Gasteiger partial charge in [0.15, 0.2) is 5.41 Å². The van der Waals surface area contributed by atoms with Crippen LogP contribution in [0.15, 0.2) is 34.4 Å². The summed E-state index contributed by atoms with van der Waals surface area (Å²) in [7, 11) is 0. The summed E-state index contributed by atoms with van der Waals surface area (Å²) in [6.45, 7) is 7.70. The van der Waals surface area contributed by atoms with Crippen molar-refractivity contribution in [3.05, 3.63) is 44.8 Å². The maximum absolute atomic E-state index is 10.0. The number of nitrogens with two attached hydrogens (primary N) is 1. The van der Waals surface area contributed by atoms with E-state index >= 15 is 0 Å². The second kappa shape index (κ2) is 6.61. The summed E-state index contributed by atoms with van der Waals surface area (Å²) in [6, 6.07) is 8.89. The van der Waals surface area contributed by atoms with Gasteiger partial charge in [-0.2, -0.15) is 15.8 Å². The molecule has 1 aromatic rings. The van der Waals surface area contributed by atoms with E-state index < -0.39 is 5.41 Å².